The average molecular weight is 385 g/mol. The Morgan fingerprint density at radius 1 is 0.963 bits per heavy atom. The number of hydrogen-bond donors (Lipinski definition) is 1. The maximum Gasteiger partial charge on any atom is 0.387 e. The lowest BCUT2D eigenvalue weighted by atomic mass is 10.1. The van der Waals surface area contributed by atoms with Crippen LogP contribution in [0.4, 0.5) is 17.6 Å². The van der Waals surface area contributed by atoms with Crippen LogP contribution in [0.1, 0.15) is 30.5 Å². The van der Waals surface area contributed by atoms with Crippen molar-refractivity contribution in [1.82, 2.24) is 5.32 Å². The SMILES string of the molecule is CC(NC(=O)CCc1ccc(OC(F)F)cc1)c1cccc(OC(F)F)c1. The van der Waals surface area contributed by atoms with E-state index in [1.807, 2.05) is 0 Å². The second-order valence-electron chi connectivity index (χ2n) is 5.76. The fourth-order valence-corrected chi connectivity index (χ4v) is 2.45. The molecular formula is C19H19F4NO3. The van der Waals surface area contributed by atoms with Gasteiger partial charge in [-0.1, -0.05) is 24.3 Å². The zero-order valence-corrected chi connectivity index (χ0v) is 14.5. The minimum atomic E-state index is -2.91. The Hall–Kier alpha value is -2.77. The van der Waals surface area contributed by atoms with Gasteiger partial charge in [0.25, 0.3) is 0 Å². The monoisotopic (exact) mass is 385 g/mol. The van der Waals surface area contributed by atoms with Crippen molar-refractivity contribution in [2.24, 2.45) is 0 Å². The van der Waals surface area contributed by atoms with Gasteiger partial charge >= 0.3 is 13.2 Å². The Bertz CT molecular complexity index is 738. The quantitative estimate of drug-likeness (QED) is 0.637. The molecular weight excluding hydrogens is 366 g/mol. The fraction of sp³-hybridized carbons (Fsp3) is 0.316. The molecule has 0 aliphatic carbocycles. The molecule has 4 nitrogen and oxygen atoms in total. The molecule has 27 heavy (non-hydrogen) atoms. The van der Waals surface area contributed by atoms with Crippen LogP contribution in [-0.2, 0) is 11.2 Å². The molecule has 0 bridgehead atoms. The van der Waals surface area contributed by atoms with Crippen molar-refractivity contribution in [1.29, 1.82) is 0 Å². The molecule has 1 atom stereocenters. The topological polar surface area (TPSA) is 47.6 Å². The third kappa shape index (κ3) is 7.16. The van der Waals surface area contributed by atoms with Crippen molar-refractivity contribution in [3.63, 3.8) is 0 Å². The molecule has 0 saturated carbocycles. The highest BCUT2D eigenvalue weighted by Gasteiger charge is 2.12. The van der Waals surface area contributed by atoms with Crippen LogP contribution < -0.4 is 14.8 Å². The molecule has 146 valence electrons. The van der Waals surface area contributed by atoms with Gasteiger partial charge in [0, 0.05) is 6.42 Å². The summed E-state index contributed by atoms with van der Waals surface area (Å²) in [6, 6.07) is 11.8. The third-order valence-corrected chi connectivity index (χ3v) is 3.75. The molecule has 1 amide bonds. The number of amides is 1. The predicted molar refractivity (Wildman–Crippen MR) is 91.0 cm³/mol. The maximum absolute atomic E-state index is 12.3. The Labute approximate surface area is 154 Å². The van der Waals surface area contributed by atoms with Gasteiger partial charge in [-0.15, -0.1) is 0 Å². The van der Waals surface area contributed by atoms with Gasteiger partial charge in [-0.05, 0) is 48.7 Å². The molecule has 0 fully saturated rings. The molecule has 0 heterocycles. The molecule has 8 heteroatoms. The summed E-state index contributed by atoms with van der Waals surface area (Å²) in [6.45, 7) is -4.06. The number of carbonyl (C=O) groups excluding carboxylic acids is 1. The van der Waals surface area contributed by atoms with E-state index < -0.39 is 13.2 Å². The summed E-state index contributed by atoms with van der Waals surface area (Å²) in [6.07, 6.45) is 0.606. The second kappa shape index (κ2) is 9.80. The van der Waals surface area contributed by atoms with Crippen molar-refractivity contribution in [3.8, 4) is 11.5 Å². The van der Waals surface area contributed by atoms with Gasteiger partial charge in [-0.3, -0.25) is 4.79 Å². The van der Waals surface area contributed by atoms with Gasteiger partial charge in [0.05, 0.1) is 6.04 Å². The summed E-state index contributed by atoms with van der Waals surface area (Å²) in [5, 5.41) is 2.78. The molecule has 2 aromatic rings. The zero-order chi connectivity index (χ0) is 19.8. The maximum atomic E-state index is 12.3. The van der Waals surface area contributed by atoms with E-state index >= 15 is 0 Å². The van der Waals surface area contributed by atoms with Crippen LogP contribution in [0.5, 0.6) is 11.5 Å². The van der Waals surface area contributed by atoms with E-state index in [0.717, 1.165) is 5.56 Å². The van der Waals surface area contributed by atoms with Gasteiger partial charge in [0.2, 0.25) is 5.91 Å². The average Bonchev–Trinajstić information content (AvgIpc) is 2.60. The van der Waals surface area contributed by atoms with E-state index in [9.17, 15) is 22.4 Å². The molecule has 0 aliphatic rings. The number of nitrogens with one attached hydrogen (secondary N) is 1. The van der Waals surface area contributed by atoms with Crippen LogP contribution in [0.25, 0.3) is 0 Å². The van der Waals surface area contributed by atoms with Gasteiger partial charge in [-0.25, -0.2) is 0 Å². The summed E-state index contributed by atoms with van der Waals surface area (Å²) >= 11 is 0. The summed E-state index contributed by atoms with van der Waals surface area (Å²) < 4.78 is 57.4. The van der Waals surface area contributed by atoms with E-state index in [-0.39, 0.29) is 29.9 Å². The minimum Gasteiger partial charge on any atom is -0.435 e. The number of rotatable bonds is 9. The fourth-order valence-electron chi connectivity index (χ4n) is 2.45. The zero-order valence-electron chi connectivity index (χ0n) is 14.5. The first-order valence-electron chi connectivity index (χ1n) is 8.21. The summed E-state index contributed by atoms with van der Waals surface area (Å²) in [5.41, 5.74) is 1.43. The Morgan fingerprint density at radius 2 is 1.59 bits per heavy atom. The lowest BCUT2D eigenvalue weighted by molar-refractivity contribution is -0.121. The molecule has 0 saturated heterocycles. The van der Waals surface area contributed by atoms with Crippen LogP contribution in [-0.4, -0.2) is 19.1 Å². The van der Waals surface area contributed by atoms with Gasteiger partial charge in [0.15, 0.2) is 0 Å². The highest BCUT2D eigenvalue weighted by atomic mass is 19.3. The number of benzene rings is 2. The number of alkyl halides is 4. The number of hydrogen-bond acceptors (Lipinski definition) is 3. The number of carbonyl (C=O) groups is 1. The molecule has 2 rings (SSSR count). The van der Waals surface area contributed by atoms with Crippen molar-refractivity contribution in [3.05, 3.63) is 59.7 Å². The summed E-state index contributed by atoms with van der Waals surface area (Å²) in [5.74, 6) is -0.150. The molecule has 0 radical (unpaired) electrons. The Morgan fingerprint density at radius 3 is 2.22 bits per heavy atom. The first kappa shape index (κ1) is 20.5. The van der Waals surface area contributed by atoms with Crippen molar-refractivity contribution in [2.75, 3.05) is 0 Å². The normalized spacial score (nSPS) is 12.1. The van der Waals surface area contributed by atoms with Crippen LogP contribution in [0.15, 0.2) is 48.5 Å². The summed E-state index contributed by atoms with van der Waals surface area (Å²) in [7, 11) is 0. The smallest absolute Gasteiger partial charge is 0.387 e. The molecule has 1 N–H and O–H groups in total. The van der Waals surface area contributed by atoms with Crippen molar-refractivity contribution in [2.45, 2.75) is 39.0 Å². The van der Waals surface area contributed by atoms with Crippen molar-refractivity contribution < 1.29 is 31.8 Å². The van der Waals surface area contributed by atoms with Crippen LogP contribution in [0.2, 0.25) is 0 Å². The largest absolute Gasteiger partial charge is 0.435 e. The second-order valence-corrected chi connectivity index (χ2v) is 5.76. The van der Waals surface area contributed by atoms with E-state index in [1.165, 1.54) is 24.3 Å². The third-order valence-electron chi connectivity index (χ3n) is 3.75. The first-order valence-corrected chi connectivity index (χ1v) is 8.21. The molecule has 0 spiro atoms. The van der Waals surface area contributed by atoms with Crippen LogP contribution in [0.3, 0.4) is 0 Å². The standard InChI is InChI=1S/C19H19F4NO3/c1-12(14-3-2-4-16(11-14)27-19(22)23)24-17(25)10-7-13-5-8-15(9-6-13)26-18(20)21/h2-6,8-9,11-12,18-19H,7,10H2,1H3,(H,24,25). The first-order chi connectivity index (χ1) is 12.8. The van der Waals surface area contributed by atoms with Crippen LogP contribution in [0, 0.1) is 0 Å². The highest BCUT2D eigenvalue weighted by molar-refractivity contribution is 5.76. The molecule has 1 unspecified atom stereocenters. The van der Waals surface area contributed by atoms with E-state index in [2.05, 4.69) is 14.8 Å². The number of halogens is 4. The number of aryl methyl sites for hydroxylation is 1. The van der Waals surface area contributed by atoms with E-state index in [4.69, 9.17) is 0 Å². The van der Waals surface area contributed by atoms with Gasteiger partial charge in [-0.2, -0.15) is 17.6 Å². The Kier molecular flexibility index (Phi) is 7.45. The summed E-state index contributed by atoms with van der Waals surface area (Å²) in [4.78, 5) is 12.1. The lowest BCUT2D eigenvalue weighted by Gasteiger charge is -2.15. The number of ether oxygens (including phenoxy) is 2. The minimum absolute atomic E-state index is 0.0229. The molecule has 0 aliphatic heterocycles. The Balaban J connectivity index is 1.84. The van der Waals surface area contributed by atoms with E-state index in [1.54, 1.807) is 31.2 Å². The predicted octanol–water partition coefficient (Wildman–Crippen LogP) is 4.70. The van der Waals surface area contributed by atoms with Gasteiger partial charge in [0.1, 0.15) is 11.5 Å². The van der Waals surface area contributed by atoms with Crippen molar-refractivity contribution >= 4 is 5.91 Å². The van der Waals surface area contributed by atoms with Crippen LogP contribution >= 0.6 is 0 Å². The highest BCUT2D eigenvalue weighted by Crippen LogP contribution is 2.21. The molecule has 2 aromatic carbocycles. The van der Waals surface area contributed by atoms with E-state index in [0.29, 0.717) is 12.0 Å². The van der Waals surface area contributed by atoms with Gasteiger partial charge < -0.3 is 14.8 Å². The molecule has 0 aromatic heterocycles. The lowest BCUT2D eigenvalue weighted by Crippen LogP contribution is -2.26.